The Balaban J connectivity index is 1.69. The van der Waals surface area contributed by atoms with Crippen LogP contribution in [-0.4, -0.2) is 11.7 Å². The number of ketones is 1. The van der Waals surface area contributed by atoms with Gasteiger partial charge in [0.15, 0.2) is 0 Å². The monoisotopic (exact) mass is 405 g/mol. The van der Waals surface area contributed by atoms with Crippen molar-refractivity contribution in [3.05, 3.63) is 87.9 Å². The summed E-state index contributed by atoms with van der Waals surface area (Å²) in [6.45, 7) is 2.42. The number of carbonyl (C=O) groups is 2. The summed E-state index contributed by atoms with van der Waals surface area (Å²) in [5.41, 5.74) is 5.29. The molecule has 0 aromatic heterocycles. The normalized spacial score (nSPS) is 13.2. The van der Waals surface area contributed by atoms with E-state index in [9.17, 15) is 9.59 Å². The molecule has 3 aromatic carbocycles. The zero-order valence-electron chi connectivity index (χ0n) is 14.2. The van der Waals surface area contributed by atoms with Crippen molar-refractivity contribution >= 4 is 33.3 Å². The van der Waals surface area contributed by atoms with Crippen LogP contribution in [0.4, 0.5) is 5.69 Å². The van der Waals surface area contributed by atoms with E-state index in [-0.39, 0.29) is 0 Å². The van der Waals surface area contributed by atoms with Gasteiger partial charge in [0.2, 0.25) is 0 Å². The molecule has 0 N–H and O–H groups in total. The van der Waals surface area contributed by atoms with Crippen LogP contribution in [0.3, 0.4) is 0 Å². The average Bonchev–Trinajstić information content (AvgIpc) is 2.89. The molecule has 1 aliphatic heterocycles. The number of carbonyl (C=O) groups excluding carboxylic acids is 2. The summed E-state index contributed by atoms with van der Waals surface area (Å²) in [5.74, 6) is -0.907. The highest BCUT2D eigenvalue weighted by atomic mass is 79.9. The Morgan fingerprint density at radius 2 is 1.50 bits per heavy atom. The Kier molecular flexibility index (Phi) is 4.21. The summed E-state index contributed by atoms with van der Waals surface area (Å²) < 4.78 is 0.980. The molecule has 0 bridgehead atoms. The zero-order valence-corrected chi connectivity index (χ0v) is 15.8. The number of benzene rings is 3. The van der Waals surface area contributed by atoms with Crippen molar-refractivity contribution in [2.75, 3.05) is 4.90 Å². The highest BCUT2D eigenvalue weighted by molar-refractivity contribution is 9.10. The number of Topliss-reactive ketones (excluding diaryl/α,β-unsaturated/α-hetero) is 1. The number of anilines is 1. The Bertz CT molecular complexity index is 1010. The number of hydrogen-bond donors (Lipinski definition) is 0. The van der Waals surface area contributed by atoms with Crippen LogP contribution in [0.5, 0.6) is 0 Å². The van der Waals surface area contributed by atoms with Crippen LogP contribution in [0, 0.1) is 6.92 Å². The van der Waals surface area contributed by atoms with Gasteiger partial charge in [-0.1, -0.05) is 64.0 Å². The summed E-state index contributed by atoms with van der Waals surface area (Å²) in [5, 5.41) is 0. The molecule has 1 aliphatic rings. The van der Waals surface area contributed by atoms with Gasteiger partial charge >= 0.3 is 0 Å². The van der Waals surface area contributed by atoms with Crippen LogP contribution in [0.25, 0.3) is 11.1 Å². The molecule has 0 unspecified atom stereocenters. The van der Waals surface area contributed by atoms with Crippen molar-refractivity contribution in [3.63, 3.8) is 0 Å². The molecule has 4 heteroatoms. The van der Waals surface area contributed by atoms with E-state index in [1.54, 1.807) is 4.90 Å². The van der Waals surface area contributed by atoms with Crippen LogP contribution in [0.15, 0.2) is 71.2 Å². The van der Waals surface area contributed by atoms with Gasteiger partial charge in [-0.15, -0.1) is 0 Å². The topological polar surface area (TPSA) is 37.4 Å². The van der Waals surface area contributed by atoms with Gasteiger partial charge < -0.3 is 4.90 Å². The van der Waals surface area contributed by atoms with Crippen molar-refractivity contribution in [1.29, 1.82) is 0 Å². The fourth-order valence-electron chi connectivity index (χ4n) is 3.16. The summed E-state index contributed by atoms with van der Waals surface area (Å²) in [7, 11) is 0. The van der Waals surface area contributed by atoms with E-state index in [0.29, 0.717) is 17.8 Å². The molecule has 0 saturated heterocycles. The lowest BCUT2D eigenvalue weighted by Gasteiger charge is -2.17. The van der Waals surface area contributed by atoms with Crippen molar-refractivity contribution in [1.82, 2.24) is 0 Å². The van der Waals surface area contributed by atoms with Crippen LogP contribution in [0.2, 0.25) is 0 Å². The largest absolute Gasteiger partial charge is 0.300 e. The minimum atomic E-state index is -0.469. The third-order valence-corrected chi connectivity index (χ3v) is 5.14. The molecular weight excluding hydrogens is 390 g/mol. The molecule has 3 nitrogen and oxygen atoms in total. The molecular formula is C22H16BrNO2. The molecule has 4 rings (SSSR count). The second kappa shape index (κ2) is 6.54. The summed E-state index contributed by atoms with van der Waals surface area (Å²) in [4.78, 5) is 26.5. The number of aryl methyl sites for hydroxylation is 1. The molecule has 0 atom stereocenters. The molecule has 1 amide bonds. The fourth-order valence-corrected chi connectivity index (χ4v) is 3.42. The lowest BCUT2D eigenvalue weighted by Crippen LogP contribution is -2.29. The number of rotatable bonds is 3. The summed E-state index contributed by atoms with van der Waals surface area (Å²) in [6, 6.07) is 21.5. The first-order valence-corrected chi connectivity index (χ1v) is 9.14. The van der Waals surface area contributed by atoms with Gasteiger partial charge in [0.1, 0.15) is 0 Å². The van der Waals surface area contributed by atoms with E-state index < -0.39 is 11.7 Å². The maximum Gasteiger partial charge on any atom is 0.299 e. The van der Waals surface area contributed by atoms with Crippen LogP contribution < -0.4 is 4.90 Å². The molecule has 26 heavy (non-hydrogen) atoms. The minimum Gasteiger partial charge on any atom is -0.300 e. The van der Waals surface area contributed by atoms with Gasteiger partial charge in [-0.25, -0.2) is 0 Å². The second-order valence-corrected chi connectivity index (χ2v) is 7.36. The van der Waals surface area contributed by atoms with Gasteiger partial charge in [0, 0.05) is 4.47 Å². The van der Waals surface area contributed by atoms with Gasteiger partial charge in [0.25, 0.3) is 11.7 Å². The lowest BCUT2D eigenvalue weighted by atomic mass is 10.0. The molecule has 3 aromatic rings. The average molecular weight is 406 g/mol. The quantitative estimate of drug-likeness (QED) is 0.564. The Labute approximate surface area is 160 Å². The predicted octanol–water partition coefficient (Wildman–Crippen LogP) is 5.15. The Morgan fingerprint density at radius 3 is 2.19 bits per heavy atom. The van der Waals surface area contributed by atoms with Crippen molar-refractivity contribution in [2.45, 2.75) is 13.5 Å². The molecule has 0 aliphatic carbocycles. The minimum absolute atomic E-state index is 0.384. The highest BCUT2D eigenvalue weighted by Gasteiger charge is 2.35. The highest BCUT2D eigenvalue weighted by Crippen LogP contribution is 2.34. The Hall–Kier alpha value is -2.72. The van der Waals surface area contributed by atoms with Gasteiger partial charge in [0.05, 0.1) is 17.8 Å². The lowest BCUT2D eigenvalue weighted by molar-refractivity contribution is -0.114. The molecule has 128 valence electrons. The number of amides is 1. The number of nitrogens with zero attached hydrogens (tertiary/aromatic N) is 1. The van der Waals surface area contributed by atoms with Crippen LogP contribution in [0.1, 0.15) is 21.5 Å². The first-order chi connectivity index (χ1) is 12.5. The third-order valence-electron chi connectivity index (χ3n) is 4.61. The van der Waals surface area contributed by atoms with Crippen LogP contribution in [-0.2, 0) is 11.3 Å². The summed E-state index contributed by atoms with van der Waals surface area (Å²) >= 11 is 3.41. The zero-order chi connectivity index (χ0) is 18.3. The maximum atomic E-state index is 12.5. The molecule has 1 heterocycles. The van der Waals surface area contributed by atoms with E-state index in [1.165, 1.54) is 5.56 Å². The standard InChI is InChI=1S/C22H16BrNO2/c1-14-2-6-16(7-3-14)17-8-11-20-19(12-17)21(25)22(26)24(20)13-15-4-9-18(23)10-5-15/h2-12H,13H2,1H3. The summed E-state index contributed by atoms with van der Waals surface area (Å²) in [6.07, 6.45) is 0. The van der Waals surface area contributed by atoms with Crippen molar-refractivity contribution in [2.24, 2.45) is 0 Å². The maximum absolute atomic E-state index is 12.5. The van der Waals surface area contributed by atoms with Gasteiger partial charge in [-0.05, 0) is 47.9 Å². The SMILES string of the molecule is Cc1ccc(-c2ccc3c(c2)C(=O)C(=O)N3Cc2ccc(Br)cc2)cc1. The first-order valence-electron chi connectivity index (χ1n) is 8.34. The number of fused-ring (bicyclic) bond motifs is 1. The van der Waals surface area contributed by atoms with Crippen molar-refractivity contribution < 1.29 is 9.59 Å². The molecule has 0 fully saturated rings. The van der Waals surface area contributed by atoms with E-state index in [2.05, 4.69) is 15.9 Å². The van der Waals surface area contributed by atoms with Crippen molar-refractivity contribution in [3.8, 4) is 11.1 Å². The smallest absolute Gasteiger partial charge is 0.299 e. The second-order valence-electron chi connectivity index (χ2n) is 6.44. The van der Waals surface area contributed by atoms with E-state index in [4.69, 9.17) is 0 Å². The van der Waals surface area contributed by atoms with Crippen LogP contribution >= 0.6 is 15.9 Å². The van der Waals surface area contributed by atoms with Gasteiger partial charge in [-0.3, -0.25) is 9.59 Å². The third kappa shape index (κ3) is 2.97. The Morgan fingerprint density at radius 1 is 0.846 bits per heavy atom. The van der Waals surface area contributed by atoms with E-state index >= 15 is 0 Å². The molecule has 0 spiro atoms. The number of halogens is 1. The number of hydrogen-bond acceptors (Lipinski definition) is 2. The van der Waals surface area contributed by atoms with E-state index in [0.717, 1.165) is 21.2 Å². The fraction of sp³-hybridized carbons (Fsp3) is 0.0909. The molecule has 0 radical (unpaired) electrons. The predicted molar refractivity (Wildman–Crippen MR) is 106 cm³/mol. The molecule has 0 saturated carbocycles. The van der Waals surface area contributed by atoms with E-state index in [1.807, 2.05) is 73.7 Å². The van der Waals surface area contributed by atoms with Gasteiger partial charge in [-0.2, -0.15) is 0 Å². The first kappa shape index (κ1) is 16.7.